The van der Waals surface area contributed by atoms with Crippen molar-refractivity contribution in [2.45, 2.75) is 38.6 Å². The fraction of sp³-hybridized carbons (Fsp3) is 0.529. The molecule has 0 bridgehead atoms. The molecule has 0 aliphatic heterocycles. The zero-order valence-electron chi connectivity index (χ0n) is 13.7. The molecule has 1 aromatic rings. The van der Waals surface area contributed by atoms with Crippen molar-refractivity contribution in [1.82, 2.24) is 10.6 Å². The van der Waals surface area contributed by atoms with Gasteiger partial charge in [0.15, 0.2) is 0 Å². The summed E-state index contributed by atoms with van der Waals surface area (Å²) >= 11 is 0. The first-order valence-corrected chi connectivity index (χ1v) is 8.08. The lowest BCUT2D eigenvalue weighted by atomic mass is 10.1. The molecule has 0 radical (unpaired) electrons. The number of ether oxygens (including phenoxy) is 1. The van der Waals surface area contributed by atoms with Crippen LogP contribution < -0.4 is 16.4 Å². The molecule has 1 rings (SSSR count). The molecule has 23 heavy (non-hydrogen) atoms. The Balaban J connectivity index is 2.36. The summed E-state index contributed by atoms with van der Waals surface area (Å²) in [5, 5.41) is 5.30. The lowest BCUT2D eigenvalue weighted by Crippen LogP contribution is -2.50. The predicted octanol–water partition coefficient (Wildman–Crippen LogP) is 1.59. The van der Waals surface area contributed by atoms with Crippen LogP contribution in [-0.4, -0.2) is 37.7 Å². The molecule has 0 saturated heterocycles. The molecule has 1 atom stereocenters. The number of carbonyl (C=O) groups is 2. The van der Waals surface area contributed by atoms with Gasteiger partial charge >= 0.3 is 6.03 Å². The third-order valence-corrected chi connectivity index (χ3v) is 3.32. The lowest BCUT2D eigenvalue weighted by molar-refractivity contribution is -0.122. The summed E-state index contributed by atoms with van der Waals surface area (Å²) in [6.45, 7) is 4.00. The van der Waals surface area contributed by atoms with Crippen LogP contribution in [0.15, 0.2) is 30.3 Å². The summed E-state index contributed by atoms with van der Waals surface area (Å²) in [5.74, 6) is -0.235. The van der Waals surface area contributed by atoms with Gasteiger partial charge in [0.2, 0.25) is 5.91 Å². The maximum absolute atomic E-state index is 12.2. The van der Waals surface area contributed by atoms with Crippen molar-refractivity contribution in [2.24, 2.45) is 5.73 Å². The summed E-state index contributed by atoms with van der Waals surface area (Å²) < 4.78 is 5.44. The molecule has 4 N–H and O–H groups in total. The van der Waals surface area contributed by atoms with Crippen molar-refractivity contribution in [3.05, 3.63) is 35.9 Å². The van der Waals surface area contributed by atoms with Crippen LogP contribution in [0.3, 0.4) is 0 Å². The van der Waals surface area contributed by atoms with E-state index in [1.54, 1.807) is 0 Å². The zero-order chi connectivity index (χ0) is 16.9. The van der Waals surface area contributed by atoms with Gasteiger partial charge in [-0.1, -0.05) is 43.7 Å². The second kappa shape index (κ2) is 11.5. The van der Waals surface area contributed by atoms with Gasteiger partial charge in [0.25, 0.3) is 0 Å². The first-order chi connectivity index (χ1) is 11.1. The highest BCUT2D eigenvalue weighted by atomic mass is 16.5. The molecule has 0 aromatic heterocycles. The van der Waals surface area contributed by atoms with Crippen LogP contribution in [0.2, 0.25) is 0 Å². The van der Waals surface area contributed by atoms with E-state index in [0.717, 1.165) is 31.4 Å². The standard InChI is InChI=1S/C17H27N3O3/c1-2-3-11-23-12-7-10-19-16(21)15(20-17(18)22)13-14-8-5-4-6-9-14/h4-6,8-9,15H,2-3,7,10-13H2,1H3,(H,19,21)(H3,18,20,22)/t15-/m0/s1. The van der Waals surface area contributed by atoms with Crippen molar-refractivity contribution < 1.29 is 14.3 Å². The maximum Gasteiger partial charge on any atom is 0.312 e. The van der Waals surface area contributed by atoms with Gasteiger partial charge < -0.3 is 21.1 Å². The Hall–Kier alpha value is -2.08. The van der Waals surface area contributed by atoms with Gasteiger partial charge in [-0.3, -0.25) is 4.79 Å². The Morgan fingerprint density at radius 1 is 1.17 bits per heavy atom. The minimum absolute atomic E-state index is 0.235. The smallest absolute Gasteiger partial charge is 0.312 e. The molecule has 0 heterocycles. The Bertz CT molecular complexity index is 465. The van der Waals surface area contributed by atoms with E-state index in [1.807, 2.05) is 30.3 Å². The number of rotatable bonds is 11. The molecule has 0 unspecified atom stereocenters. The Kier molecular flexibility index (Phi) is 9.47. The quantitative estimate of drug-likeness (QED) is 0.540. The van der Waals surface area contributed by atoms with E-state index in [4.69, 9.17) is 10.5 Å². The van der Waals surface area contributed by atoms with Crippen LogP contribution in [-0.2, 0) is 16.0 Å². The molecule has 0 fully saturated rings. The van der Waals surface area contributed by atoms with E-state index in [-0.39, 0.29) is 5.91 Å². The average Bonchev–Trinajstić information content (AvgIpc) is 2.54. The summed E-state index contributed by atoms with van der Waals surface area (Å²) in [6.07, 6.45) is 3.30. The highest BCUT2D eigenvalue weighted by Gasteiger charge is 2.19. The Morgan fingerprint density at radius 3 is 2.52 bits per heavy atom. The van der Waals surface area contributed by atoms with Crippen LogP contribution in [0.25, 0.3) is 0 Å². The van der Waals surface area contributed by atoms with E-state index in [2.05, 4.69) is 17.6 Å². The first kappa shape index (κ1) is 19.0. The van der Waals surface area contributed by atoms with Gasteiger partial charge in [0, 0.05) is 26.2 Å². The number of nitrogens with one attached hydrogen (secondary N) is 2. The monoisotopic (exact) mass is 321 g/mol. The summed E-state index contributed by atoms with van der Waals surface area (Å²) in [7, 11) is 0. The zero-order valence-corrected chi connectivity index (χ0v) is 13.7. The summed E-state index contributed by atoms with van der Waals surface area (Å²) in [4.78, 5) is 23.3. The molecular formula is C17H27N3O3. The third-order valence-electron chi connectivity index (χ3n) is 3.32. The highest BCUT2D eigenvalue weighted by Crippen LogP contribution is 2.03. The lowest BCUT2D eigenvalue weighted by Gasteiger charge is -2.17. The van der Waals surface area contributed by atoms with Crippen LogP contribution in [0.4, 0.5) is 4.79 Å². The molecule has 0 saturated carbocycles. The van der Waals surface area contributed by atoms with E-state index in [1.165, 1.54) is 0 Å². The van der Waals surface area contributed by atoms with E-state index >= 15 is 0 Å². The molecule has 1 aromatic carbocycles. The van der Waals surface area contributed by atoms with Crippen LogP contribution in [0.5, 0.6) is 0 Å². The predicted molar refractivity (Wildman–Crippen MR) is 90.0 cm³/mol. The number of nitrogens with two attached hydrogens (primary N) is 1. The normalized spacial score (nSPS) is 11.7. The fourth-order valence-corrected chi connectivity index (χ4v) is 2.09. The van der Waals surface area contributed by atoms with Gasteiger partial charge in [-0.2, -0.15) is 0 Å². The minimum Gasteiger partial charge on any atom is -0.381 e. The molecule has 3 amide bonds. The van der Waals surface area contributed by atoms with Crippen LogP contribution in [0.1, 0.15) is 31.7 Å². The Labute approximate surface area is 137 Å². The van der Waals surface area contributed by atoms with Gasteiger partial charge in [-0.05, 0) is 18.4 Å². The van der Waals surface area contributed by atoms with Crippen LogP contribution >= 0.6 is 0 Å². The van der Waals surface area contributed by atoms with Crippen LogP contribution in [0, 0.1) is 0 Å². The number of hydrogen-bond donors (Lipinski definition) is 3. The average molecular weight is 321 g/mol. The minimum atomic E-state index is -0.705. The molecule has 6 heteroatoms. The number of benzene rings is 1. The van der Waals surface area contributed by atoms with Gasteiger partial charge in [-0.25, -0.2) is 4.79 Å². The fourth-order valence-electron chi connectivity index (χ4n) is 2.09. The number of unbranched alkanes of at least 4 members (excludes halogenated alkanes) is 1. The van der Waals surface area contributed by atoms with Gasteiger partial charge in [-0.15, -0.1) is 0 Å². The molecule has 0 aliphatic carbocycles. The van der Waals surface area contributed by atoms with Crippen molar-refractivity contribution in [2.75, 3.05) is 19.8 Å². The third kappa shape index (κ3) is 8.83. The van der Waals surface area contributed by atoms with Crippen molar-refractivity contribution in [3.63, 3.8) is 0 Å². The summed E-state index contributed by atoms with van der Waals surface area (Å²) in [6, 6.07) is 8.12. The number of hydrogen-bond acceptors (Lipinski definition) is 3. The van der Waals surface area contributed by atoms with E-state index in [0.29, 0.717) is 19.6 Å². The summed E-state index contributed by atoms with van der Waals surface area (Å²) in [5.41, 5.74) is 6.12. The molecule has 6 nitrogen and oxygen atoms in total. The van der Waals surface area contributed by atoms with Crippen molar-refractivity contribution in [3.8, 4) is 0 Å². The maximum atomic E-state index is 12.2. The first-order valence-electron chi connectivity index (χ1n) is 8.08. The highest BCUT2D eigenvalue weighted by molar-refractivity contribution is 5.86. The SMILES string of the molecule is CCCCOCCCNC(=O)[C@H](Cc1ccccc1)NC(N)=O. The van der Waals surface area contributed by atoms with Crippen molar-refractivity contribution >= 4 is 11.9 Å². The number of urea groups is 1. The van der Waals surface area contributed by atoms with Crippen molar-refractivity contribution in [1.29, 1.82) is 0 Å². The van der Waals surface area contributed by atoms with E-state index < -0.39 is 12.1 Å². The molecule has 0 aliphatic rings. The number of primary amides is 1. The molecular weight excluding hydrogens is 294 g/mol. The number of amides is 3. The Morgan fingerprint density at radius 2 is 1.87 bits per heavy atom. The topological polar surface area (TPSA) is 93.4 Å². The molecule has 128 valence electrons. The second-order valence-electron chi connectivity index (χ2n) is 5.36. The second-order valence-corrected chi connectivity index (χ2v) is 5.36. The largest absolute Gasteiger partial charge is 0.381 e. The molecule has 0 spiro atoms. The number of carbonyl (C=O) groups excluding carboxylic acids is 2. The van der Waals surface area contributed by atoms with E-state index in [9.17, 15) is 9.59 Å². The van der Waals surface area contributed by atoms with Gasteiger partial charge in [0.1, 0.15) is 6.04 Å². The van der Waals surface area contributed by atoms with Gasteiger partial charge in [0.05, 0.1) is 0 Å².